The standard InChI is InChI=1S/C12H8O5S/c13-7(5-8(14)12(16)17)11-10(15)6-3-1-2-4-9(6)18-11/h1-5,14-15H,(H,16,17)/b8-5-. The molecule has 0 saturated carbocycles. The number of carbonyl (C=O) groups excluding carboxylic acids is 1. The first-order valence-electron chi connectivity index (χ1n) is 4.89. The molecule has 6 heteroatoms. The summed E-state index contributed by atoms with van der Waals surface area (Å²) in [6.45, 7) is 0. The van der Waals surface area contributed by atoms with Crippen LogP contribution in [0, 0.1) is 0 Å². The normalized spacial score (nSPS) is 11.7. The second-order valence-electron chi connectivity index (χ2n) is 3.47. The molecule has 2 rings (SSSR count). The summed E-state index contributed by atoms with van der Waals surface area (Å²) in [5.41, 5.74) is 0. The lowest BCUT2D eigenvalue weighted by molar-refractivity contribution is -0.135. The maximum atomic E-state index is 11.7. The maximum Gasteiger partial charge on any atom is 0.371 e. The third-order valence-corrected chi connectivity index (χ3v) is 3.45. The molecule has 18 heavy (non-hydrogen) atoms. The van der Waals surface area contributed by atoms with Crippen LogP contribution >= 0.6 is 11.3 Å². The second kappa shape index (κ2) is 4.50. The highest BCUT2D eigenvalue weighted by Gasteiger charge is 2.18. The van der Waals surface area contributed by atoms with E-state index in [1.165, 1.54) is 0 Å². The Morgan fingerprint density at radius 3 is 2.44 bits per heavy atom. The van der Waals surface area contributed by atoms with E-state index in [0.717, 1.165) is 11.3 Å². The number of hydrogen-bond acceptors (Lipinski definition) is 5. The summed E-state index contributed by atoms with van der Waals surface area (Å²) >= 11 is 1.04. The summed E-state index contributed by atoms with van der Waals surface area (Å²) in [7, 11) is 0. The molecule has 0 amide bonds. The Labute approximate surface area is 105 Å². The van der Waals surface area contributed by atoms with Crippen LogP contribution in [0.2, 0.25) is 0 Å². The van der Waals surface area contributed by atoms with Crippen molar-refractivity contribution in [2.75, 3.05) is 0 Å². The quantitative estimate of drug-likeness (QED) is 0.449. The molecule has 0 spiro atoms. The Hall–Kier alpha value is -2.34. The van der Waals surface area contributed by atoms with Crippen LogP contribution in [-0.4, -0.2) is 27.1 Å². The highest BCUT2D eigenvalue weighted by molar-refractivity contribution is 7.21. The Morgan fingerprint density at radius 2 is 1.83 bits per heavy atom. The number of carboxylic acids is 1. The fraction of sp³-hybridized carbons (Fsp3) is 0. The number of aliphatic hydroxyl groups excluding tert-OH is 1. The molecule has 92 valence electrons. The van der Waals surface area contributed by atoms with Gasteiger partial charge in [0.15, 0.2) is 0 Å². The Morgan fingerprint density at radius 1 is 1.17 bits per heavy atom. The van der Waals surface area contributed by atoms with Gasteiger partial charge in [0, 0.05) is 16.2 Å². The lowest BCUT2D eigenvalue weighted by Crippen LogP contribution is -2.02. The first-order chi connectivity index (χ1) is 8.50. The summed E-state index contributed by atoms with van der Waals surface area (Å²) < 4.78 is 0.710. The fourth-order valence-corrected chi connectivity index (χ4v) is 2.46. The van der Waals surface area contributed by atoms with Gasteiger partial charge < -0.3 is 15.3 Å². The number of thiophene rings is 1. The second-order valence-corrected chi connectivity index (χ2v) is 4.53. The summed E-state index contributed by atoms with van der Waals surface area (Å²) in [5, 5.41) is 27.8. The van der Waals surface area contributed by atoms with Gasteiger partial charge in [0.1, 0.15) is 10.6 Å². The summed E-state index contributed by atoms with van der Waals surface area (Å²) in [6, 6.07) is 6.86. The zero-order chi connectivity index (χ0) is 13.3. The van der Waals surface area contributed by atoms with E-state index in [4.69, 9.17) is 10.2 Å². The molecule has 1 heterocycles. The van der Waals surface area contributed by atoms with Crippen molar-refractivity contribution in [3.63, 3.8) is 0 Å². The molecule has 0 fully saturated rings. The van der Waals surface area contributed by atoms with E-state index >= 15 is 0 Å². The van der Waals surface area contributed by atoms with E-state index in [1.807, 2.05) is 0 Å². The Kier molecular flexibility index (Phi) is 3.03. The van der Waals surface area contributed by atoms with E-state index in [0.29, 0.717) is 16.2 Å². The number of benzene rings is 1. The Bertz CT molecular complexity index is 668. The molecule has 2 aromatic rings. The van der Waals surface area contributed by atoms with Gasteiger partial charge in [0.25, 0.3) is 0 Å². The van der Waals surface area contributed by atoms with Crippen LogP contribution < -0.4 is 0 Å². The molecule has 5 nitrogen and oxygen atoms in total. The molecule has 1 aromatic carbocycles. The molecule has 0 bridgehead atoms. The molecule has 1 aromatic heterocycles. The summed E-state index contributed by atoms with van der Waals surface area (Å²) in [6.07, 6.45) is 0.576. The van der Waals surface area contributed by atoms with Crippen LogP contribution in [0.3, 0.4) is 0 Å². The van der Waals surface area contributed by atoms with Crippen molar-refractivity contribution >= 4 is 33.2 Å². The highest BCUT2D eigenvalue weighted by atomic mass is 32.1. The first-order valence-corrected chi connectivity index (χ1v) is 5.71. The molecular formula is C12H8O5S. The van der Waals surface area contributed by atoms with Gasteiger partial charge in [-0.05, 0) is 12.1 Å². The van der Waals surface area contributed by atoms with Gasteiger partial charge in [-0.2, -0.15) is 0 Å². The molecule has 0 radical (unpaired) electrons. The molecular weight excluding hydrogens is 256 g/mol. The van der Waals surface area contributed by atoms with Crippen molar-refractivity contribution in [2.45, 2.75) is 0 Å². The van der Waals surface area contributed by atoms with Crippen molar-refractivity contribution in [1.82, 2.24) is 0 Å². The highest BCUT2D eigenvalue weighted by Crippen LogP contribution is 2.37. The van der Waals surface area contributed by atoms with E-state index < -0.39 is 17.5 Å². The van der Waals surface area contributed by atoms with Gasteiger partial charge in [-0.3, -0.25) is 4.79 Å². The van der Waals surface area contributed by atoms with Crippen molar-refractivity contribution in [3.05, 3.63) is 41.0 Å². The van der Waals surface area contributed by atoms with Gasteiger partial charge in [0.05, 0.1) is 0 Å². The third kappa shape index (κ3) is 2.05. The minimum Gasteiger partial charge on any atom is -0.506 e. The smallest absolute Gasteiger partial charge is 0.371 e. The minimum absolute atomic E-state index is 0.00370. The average Bonchev–Trinajstić information content (AvgIpc) is 2.67. The number of ketones is 1. The van der Waals surface area contributed by atoms with Crippen molar-refractivity contribution in [3.8, 4) is 5.75 Å². The van der Waals surface area contributed by atoms with E-state index in [1.54, 1.807) is 24.3 Å². The number of fused-ring (bicyclic) bond motifs is 1. The lowest BCUT2D eigenvalue weighted by Gasteiger charge is -1.93. The lowest BCUT2D eigenvalue weighted by atomic mass is 10.2. The van der Waals surface area contributed by atoms with Gasteiger partial charge in [0.2, 0.25) is 11.5 Å². The number of hydrogen-bond donors (Lipinski definition) is 3. The molecule has 0 saturated heterocycles. The van der Waals surface area contributed by atoms with E-state index in [9.17, 15) is 14.7 Å². The summed E-state index contributed by atoms with van der Waals surface area (Å²) in [5.74, 6) is -3.59. The predicted molar refractivity (Wildman–Crippen MR) is 66.2 cm³/mol. The van der Waals surface area contributed by atoms with Crippen molar-refractivity contribution in [1.29, 1.82) is 0 Å². The van der Waals surface area contributed by atoms with Crippen LogP contribution in [0.25, 0.3) is 10.1 Å². The first kappa shape index (κ1) is 12.1. The molecule has 0 aliphatic heterocycles. The number of aliphatic carboxylic acids is 1. The third-order valence-electron chi connectivity index (χ3n) is 2.28. The van der Waals surface area contributed by atoms with Crippen LogP contribution in [-0.2, 0) is 4.79 Å². The number of aliphatic hydroxyl groups is 1. The zero-order valence-corrected chi connectivity index (χ0v) is 9.77. The molecule has 0 unspecified atom stereocenters. The van der Waals surface area contributed by atoms with Crippen molar-refractivity contribution < 1.29 is 24.9 Å². The van der Waals surface area contributed by atoms with Crippen LogP contribution in [0.15, 0.2) is 36.1 Å². The molecule has 0 aliphatic carbocycles. The van der Waals surface area contributed by atoms with Gasteiger partial charge in [-0.1, -0.05) is 12.1 Å². The summed E-state index contributed by atoms with van der Waals surface area (Å²) in [4.78, 5) is 22.1. The average molecular weight is 264 g/mol. The molecule has 0 atom stereocenters. The maximum absolute atomic E-state index is 11.7. The van der Waals surface area contributed by atoms with Crippen molar-refractivity contribution in [2.24, 2.45) is 0 Å². The number of aromatic hydroxyl groups is 1. The van der Waals surface area contributed by atoms with E-state index in [-0.39, 0.29) is 10.6 Å². The van der Waals surface area contributed by atoms with Gasteiger partial charge >= 0.3 is 5.97 Å². The molecule has 3 N–H and O–H groups in total. The van der Waals surface area contributed by atoms with Crippen LogP contribution in [0.1, 0.15) is 9.67 Å². The predicted octanol–water partition coefficient (Wildman–Crippen LogP) is 2.32. The van der Waals surface area contributed by atoms with E-state index in [2.05, 4.69) is 0 Å². The van der Waals surface area contributed by atoms with Crippen LogP contribution in [0.5, 0.6) is 5.75 Å². The molecule has 0 aliphatic rings. The minimum atomic E-state index is -1.59. The zero-order valence-electron chi connectivity index (χ0n) is 8.95. The monoisotopic (exact) mass is 264 g/mol. The van der Waals surface area contributed by atoms with Gasteiger partial charge in [-0.25, -0.2) is 4.79 Å². The fourth-order valence-electron chi connectivity index (χ4n) is 1.45. The number of carboxylic acid groups (broad SMARTS) is 1. The number of allylic oxidation sites excluding steroid dienone is 1. The number of rotatable bonds is 3. The SMILES string of the molecule is O=C(O)/C(O)=C/C(=O)c1sc2ccccc2c1O. The topological polar surface area (TPSA) is 94.8 Å². The van der Waals surface area contributed by atoms with Crippen LogP contribution in [0.4, 0.5) is 0 Å². The Balaban J connectivity index is 2.49. The largest absolute Gasteiger partial charge is 0.506 e. The number of carbonyl (C=O) groups is 2. The van der Waals surface area contributed by atoms with Gasteiger partial charge in [-0.15, -0.1) is 11.3 Å².